The van der Waals surface area contributed by atoms with Gasteiger partial charge in [0, 0.05) is 33.4 Å². The molecule has 6 nitrogen and oxygen atoms in total. The summed E-state index contributed by atoms with van der Waals surface area (Å²) in [5.41, 5.74) is 29.6. The number of hydrogen-bond donors (Lipinski definition) is 0. The van der Waals surface area contributed by atoms with Crippen LogP contribution in [0.3, 0.4) is 0 Å². The summed E-state index contributed by atoms with van der Waals surface area (Å²) in [5, 5.41) is 9.59. The molecule has 0 N–H and O–H groups in total. The minimum atomic E-state index is -0.595. The van der Waals surface area contributed by atoms with Gasteiger partial charge in [0.1, 0.15) is 0 Å². The predicted octanol–water partition coefficient (Wildman–Crippen LogP) is 24.7. The van der Waals surface area contributed by atoms with Crippen molar-refractivity contribution in [2.75, 3.05) is 0 Å². The number of hydrogen-bond acceptors (Lipinski definition) is 6. The fourth-order valence-electron chi connectivity index (χ4n) is 18.8. The minimum absolute atomic E-state index is 0.523. The van der Waals surface area contributed by atoms with Crippen LogP contribution >= 0.6 is 0 Å². The largest absolute Gasteiger partial charge is 0.208 e. The molecule has 0 radical (unpaired) electrons. The van der Waals surface area contributed by atoms with Crippen molar-refractivity contribution >= 4 is 43.1 Å². The molecule has 0 amide bonds. The molecule has 0 saturated carbocycles. The van der Waals surface area contributed by atoms with Crippen molar-refractivity contribution in [2.24, 2.45) is 0 Å². The molecular formula is C102H60N6. The number of rotatable bonds is 8. The van der Waals surface area contributed by atoms with Gasteiger partial charge in [0.25, 0.3) is 0 Å². The Labute approximate surface area is 623 Å². The first-order valence-corrected chi connectivity index (χ1v) is 37.0. The van der Waals surface area contributed by atoms with E-state index in [1.165, 1.54) is 121 Å². The Bertz CT molecular complexity index is 6900. The lowest BCUT2D eigenvalue weighted by Gasteiger charge is -2.31. The van der Waals surface area contributed by atoms with E-state index in [4.69, 9.17) is 29.9 Å². The van der Waals surface area contributed by atoms with Crippen LogP contribution in [-0.4, -0.2) is 29.9 Å². The molecule has 4 aliphatic rings. The Kier molecular flexibility index (Phi) is 12.9. The molecule has 0 saturated heterocycles. The monoisotopic (exact) mass is 1370 g/mol. The molecule has 0 unspecified atom stereocenters. The van der Waals surface area contributed by atoms with E-state index in [0.717, 1.165) is 66.4 Å². The lowest BCUT2D eigenvalue weighted by Crippen LogP contribution is -2.26. The summed E-state index contributed by atoms with van der Waals surface area (Å²) in [6.07, 6.45) is 0. The van der Waals surface area contributed by atoms with Crippen molar-refractivity contribution in [1.29, 1.82) is 0 Å². The highest BCUT2D eigenvalue weighted by Crippen LogP contribution is 2.67. The molecule has 17 aromatic carbocycles. The second-order valence-corrected chi connectivity index (χ2v) is 29.1. The summed E-state index contributed by atoms with van der Waals surface area (Å²) in [6.45, 7) is 0. The highest BCUT2D eigenvalue weighted by atomic mass is 15.0. The van der Waals surface area contributed by atoms with Crippen molar-refractivity contribution in [2.45, 2.75) is 10.8 Å². The number of benzene rings is 17. The van der Waals surface area contributed by atoms with Gasteiger partial charge in [0.05, 0.1) is 10.8 Å². The molecule has 498 valence electrons. The SMILES string of the molecule is c1ccc(-c2nc(-c3ccccc3)nc(-c3ccc(-c4ccc5cc6c(cc5c4)C4(c5ccccc5-c5ccccc54)c4c-6ccc5cc(-c6cccc(-c7nc(-c8ccccc8)nc(-c8ccc9cc%10c(cc9c8)C8(c9ccccc9-c9ccccc98)c8c-%10ccc9ccccc89)n7)c6)ccc45)cc3)n2)cc1. The van der Waals surface area contributed by atoms with Crippen LogP contribution in [0.25, 0.3) is 178 Å². The normalized spacial score (nSPS) is 13.3. The first kappa shape index (κ1) is 60.2. The van der Waals surface area contributed by atoms with Crippen LogP contribution in [0.5, 0.6) is 0 Å². The third-order valence-electron chi connectivity index (χ3n) is 23.5. The first-order valence-electron chi connectivity index (χ1n) is 37.0. The molecular weight excluding hydrogens is 1310 g/mol. The summed E-state index contributed by atoms with van der Waals surface area (Å²) >= 11 is 0. The van der Waals surface area contributed by atoms with Gasteiger partial charge in [-0.3, -0.25) is 0 Å². The third kappa shape index (κ3) is 8.77. The zero-order chi connectivity index (χ0) is 70.8. The van der Waals surface area contributed by atoms with E-state index >= 15 is 0 Å². The maximum Gasteiger partial charge on any atom is 0.164 e. The number of aromatic nitrogens is 6. The molecule has 2 heterocycles. The van der Waals surface area contributed by atoms with Crippen molar-refractivity contribution < 1.29 is 0 Å². The van der Waals surface area contributed by atoms with Crippen LogP contribution in [0.15, 0.2) is 364 Å². The van der Waals surface area contributed by atoms with Crippen LogP contribution in [-0.2, 0) is 10.8 Å². The van der Waals surface area contributed by atoms with Crippen LogP contribution in [0.2, 0.25) is 0 Å². The molecule has 4 aliphatic carbocycles. The lowest BCUT2D eigenvalue weighted by molar-refractivity contribution is 0.802. The van der Waals surface area contributed by atoms with Gasteiger partial charge in [-0.2, -0.15) is 0 Å². The van der Waals surface area contributed by atoms with Gasteiger partial charge in [-0.05, 0) is 203 Å². The Morgan fingerprint density at radius 1 is 0.148 bits per heavy atom. The molecule has 19 aromatic rings. The Hall–Kier alpha value is -14.2. The lowest BCUT2D eigenvalue weighted by atomic mass is 9.69. The quantitative estimate of drug-likeness (QED) is 0.151. The zero-order valence-electron chi connectivity index (χ0n) is 58.3. The first-order chi connectivity index (χ1) is 53.5. The summed E-state index contributed by atoms with van der Waals surface area (Å²) in [5.74, 6) is 3.75. The smallest absolute Gasteiger partial charge is 0.164 e. The Morgan fingerprint density at radius 2 is 0.463 bits per heavy atom. The van der Waals surface area contributed by atoms with E-state index in [1.54, 1.807) is 0 Å². The van der Waals surface area contributed by atoms with Crippen LogP contribution < -0.4 is 0 Å². The molecule has 0 bridgehead atoms. The van der Waals surface area contributed by atoms with E-state index in [2.05, 4.69) is 285 Å². The fourth-order valence-corrected chi connectivity index (χ4v) is 18.8. The van der Waals surface area contributed by atoms with Crippen molar-refractivity contribution in [1.82, 2.24) is 29.9 Å². The maximum absolute atomic E-state index is 5.44. The highest BCUT2D eigenvalue weighted by Gasteiger charge is 2.54. The van der Waals surface area contributed by atoms with Crippen molar-refractivity contribution in [3.8, 4) is 135 Å². The Balaban J connectivity index is 0.623. The van der Waals surface area contributed by atoms with E-state index in [-0.39, 0.29) is 0 Å². The van der Waals surface area contributed by atoms with Gasteiger partial charge in [-0.15, -0.1) is 0 Å². The number of nitrogens with zero attached hydrogens (tertiary/aromatic N) is 6. The maximum atomic E-state index is 5.44. The van der Waals surface area contributed by atoms with Gasteiger partial charge in [0.15, 0.2) is 34.9 Å². The van der Waals surface area contributed by atoms with Crippen molar-refractivity contribution in [3.63, 3.8) is 0 Å². The third-order valence-corrected chi connectivity index (χ3v) is 23.5. The van der Waals surface area contributed by atoms with E-state index in [1.807, 2.05) is 78.9 Å². The topological polar surface area (TPSA) is 77.3 Å². The molecule has 0 fully saturated rings. The Morgan fingerprint density at radius 3 is 0.963 bits per heavy atom. The standard InChI is InChI=1S/C102H60N6/c1-4-22-63(23-5-1)95-103-96(64-24-6-2-7-25-64)105-98(104-95)66-41-39-61(40-42-66)68-43-44-70-57-86-84-52-49-72-53-69(48-50-78(72)94(84)102(91(86)59-75(70)55-68)89-37-18-14-33-81(89)82-34-15-19-38-90(82)102)67-28-20-29-73(54-67)99-106-97(65-26-8-3-9-27-65)107-100(108-99)74-46-45-71-58-85-83-51-47-62-21-10-11-30-77(62)93(83)101(92(85)60-76(71)56-74)87-35-16-12-31-79(87)80-32-13-17-36-88(80)101/h1-60H. The summed E-state index contributed by atoms with van der Waals surface area (Å²) < 4.78 is 0. The molecule has 0 atom stereocenters. The molecule has 6 heteroatoms. The molecule has 2 aromatic heterocycles. The average molecular weight is 1370 g/mol. The number of fused-ring (bicyclic) bond motifs is 26. The fraction of sp³-hybridized carbons (Fsp3) is 0.0196. The summed E-state index contributed by atoms with van der Waals surface area (Å²) in [6, 6.07) is 133. The van der Waals surface area contributed by atoms with Gasteiger partial charge in [-0.1, -0.05) is 315 Å². The van der Waals surface area contributed by atoms with E-state index in [9.17, 15) is 0 Å². The van der Waals surface area contributed by atoms with Crippen LogP contribution in [0.4, 0.5) is 0 Å². The second-order valence-electron chi connectivity index (χ2n) is 29.1. The molecule has 108 heavy (non-hydrogen) atoms. The van der Waals surface area contributed by atoms with Crippen LogP contribution in [0, 0.1) is 0 Å². The van der Waals surface area contributed by atoms with Gasteiger partial charge < -0.3 is 0 Å². The molecule has 2 spiro atoms. The van der Waals surface area contributed by atoms with Crippen LogP contribution in [0.1, 0.15) is 44.5 Å². The molecule has 0 aliphatic heterocycles. The second kappa shape index (κ2) is 23.1. The zero-order valence-corrected chi connectivity index (χ0v) is 58.3. The predicted molar refractivity (Wildman–Crippen MR) is 439 cm³/mol. The average Bonchev–Trinajstić information content (AvgIpc) is 1.51. The van der Waals surface area contributed by atoms with E-state index in [0.29, 0.717) is 34.9 Å². The summed E-state index contributed by atoms with van der Waals surface area (Å²) in [7, 11) is 0. The highest BCUT2D eigenvalue weighted by molar-refractivity contribution is 6.09. The van der Waals surface area contributed by atoms with E-state index < -0.39 is 10.8 Å². The molecule has 23 rings (SSSR count). The van der Waals surface area contributed by atoms with Crippen molar-refractivity contribution in [3.05, 3.63) is 408 Å². The van der Waals surface area contributed by atoms with Gasteiger partial charge in [0.2, 0.25) is 0 Å². The van der Waals surface area contributed by atoms with Gasteiger partial charge in [-0.25, -0.2) is 29.9 Å². The van der Waals surface area contributed by atoms with Gasteiger partial charge >= 0.3 is 0 Å². The summed E-state index contributed by atoms with van der Waals surface area (Å²) in [4.78, 5) is 31.1. The minimum Gasteiger partial charge on any atom is -0.208 e.